The smallest absolute Gasteiger partial charge is 0.263 e. The van der Waals surface area contributed by atoms with Gasteiger partial charge in [0.05, 0.1) is 25.3 Å². The van der Waals surface area contributed by atoms with Crippen LogP contribution in [0.5, 0.6) is 11.5 Å². The highest BCUT2D eigenvalue weighted by Crippen LogP contribution is 2.36. The molecule has 3 aromatic carbocycles. The molecule has 0 bridgehead atoms. The van der Waals surface area contributed by atoms with E-state index >= 15 is 0 Å². The van der Waals surface area contributed by atoms with Crippen molar-refractivity contribution in [1.82, 2.24) is 9.62 Å². The Morgan fingerprint density at radius 2 is 1.80 bits per heavy atom. The number of para-hydroxylation sites is 2. The molecule has 0 aliphatic carbocycles. The molecule has 210 valence electrons. The van der Waals surface area contributed by atoms with Gasteiger partial charge in [-0.15, -0.1) is 0 Å². The number of anilines is 1. The highest BCUT2D eigenvalue weighted by atomic mass is 32.2. The zero-order valence-electron chi connectivity index (χ0n) is 22.0. The van der Waals surface area contributed by atoms with Crippen molar-refractivity contribution in [3.8, 4) is 11.5 Å². The zero-order valence-corrected chi connectivity index (χ0v) is 22.8. The first-order chi connectivity index (χ1) is 19.3. The minimum atomic E-state index is -4.13. The first kappa shape index (κ1) is 27.6. The fraction of sp³-hybridized carbons (Fsp3) is 0.310. The van der Waals surface area contributed by atoms with Gasteiger partial charge >= 0.3 is 0 Å². The van der Waals surface area contributed by atoms with E-state index in [1.807, 2.05) is 30.3 Å². The Morgan fingerprint density at radius 3 is 2.58 bits per heavy atom. The van der Waals surface area contributed by atoms with Gasteiger partial charge in [0, 0.05) is 19.6 Å². The van der Waals surface area contributed by atoms with Crippen molar-refractivity contribution >= 4 is 27.5 Å². The molecule has 2 heterocycles. The quantitative estimate of drug-likeness (QED) is 0.470. The van der Waals surface area contributed by atoms with Crippen LogP contribution >= 0.6 is 0 Å². The molecule has 2 aliphatic rings. The number of benzene rings is 3. The number of carbonyl (C=O) groups excluding carboxylic acids is 2. The molecule has 3 aromatic rings. The predicted molar refractivity (Wildman–Crippen MR) is 146 cm³/mol. The van der Waals surface area contributed by atoms with Crippen molar-refractivity contribution in [3.05, 3.63) is 84.2 Å². The van der Waals surface area contributed by atoms with Gasteiger partial charge in [-0.3, -0.25) is 9.59 Å². The van der Waals surface area contributed by atoms with Gasteiger partial charge in [-0.2, -0.15) is 4.31 Å². The molecular weight excluding hydrogens is 537 g/mol. The molecule has 0 unspecified atom stereocenters. The first-order valence-electron chi connectivity index (χ1n) is 13.0. The molecule has 1 saturated heterocycles. The number of nitrogens with one attached hydrogen (secondary N) is 1. The van der Waals surface area contributed by atoms with Crippen molar-refractivity contribution < 1.29 is 31.9 Å². The van der Waals surface area contributed by atoms with Gasteiger partial charge < -0.3 is 19.7 Å². The van der Waals surface area contributed by atoms with Crippen LogP contribution in [0, 0.1) is 11.7 Å². The molecule has 40 heavy (non-hydrogen) atoms. The molecule has 0 radical (unpaired) electrons. The average molecular weight is 568 g/mol. The van der Waals surface area contributed by atoms with Gasteiger partial charge in [0.25, 0.3) is 5.91 Å². The number of fused-ring (bicyclic) bond motifs is 1. The van der Waals surface area contributed by atoms with Gasteiger partial charge in [0.1, 0.15) is 22.2 Å². The number of hydrogen-bond donors (Lipinski definition) is 1. The summed E-state index contributed by atoms with van der Waals surface area (Å²) in [7, 11) is -2.82. The zero-order chi connectivity index (χ0) is 28.3. The second-order valence-corrected chi connectivity index (χ2v) is 11.6. The summed E-state index contributed by atoms with van der Waals surface area (Å²) in [5.41, 5.74) is 1.45. The summed E-state index contributed by atoms with van der Waals surface area (Å²) in [5, 5.41) is 2.87. The van der Waals surface area contributed by atoms with E-state index in [0.717, 1.165) is 17.7 Å². The third-order valence-corrected chi connectivity index (χ3v) is 9.00. The molecule has 9 nitrogen and oxygen atoms in total. The van der Waals surface area contributed by atoms with Crippen molar-refractivity contribution in [2.24, 2.45) is 5.92 Å². The molecule has 2 atom stereocenters. The number of piperidine rings is 1. The molecule has 5 rings (SSSR count). The molecule has 2 amide bonds. The fourth-order valence-corrected chi connectivity index (χ4v) is 6.74. The molecule has 0 saturated carbocycles. The Bertz CT molecular complexity index is 1500. The summed E-state index contributed by atoms with van der Waals surface area (Å²) in [4.78, 5) is 28.2. The minimum Gasteiger partial charge on any atom is -0.495 e. The number of amides is 2. The molecule has 2 aliphatic heterocycles. The standard InChI is InChI=1S/C29H30FN3O6S/c1-38-25-14-13-22(30)16-27(25)40(36,37)32-15-7-10-21(18-32)29(35)33-19-26(39-24-12-6-5-11-23(24)33)28(34)31-17-20-8-3-2-4-9-20/h2-6,8-9,11-14,16,21,26H,7,10,15,17-19H2,1H3,(H,31,34)/t21-,26+/m1/s1. The van der Waals surface area contributed by atoms with Crippen molar-refractivity contribution in [2.45, 2.75) is 30.4 Å². The number of halogens is 1. The van der Waals surface area contributed by atoms with Crippen LogP contribution in [0.2, 0.25) is 0 Å². The Labute approximate surface area is 232 Å². The minimum absolute atomic E-state index is 0.0164. The number of methoxy groups -OCH3 is 1. The predicted octanol–water partition coefficient (Wildman–Crippen LogP) is 3.35. The van der Waals surface area contributed by atoms with E-state index in [-0.39, 0.29) is 42.1 Å². The van der Waals surface area contributed by atoms with Crippen LogP contribution in [0.4, 0.5) is 10.1 Å². The number of rotatable bonds is 7. The van der Waals surface area contributed by atoms with Gasteiger partial charge in [0.15, 0.2) is 6.10 Å². The average Bonchev–Trinajstić information content (AvgIpc) is 2.99. The van der Waals surface area contributed by atoms with E-state index in [0.29, 0.717) is 30.8 Å². The van der Waals surface area contributed by atoms with Crippen LogP contribution in [0.1, 0.15) is 18.4 Å². The Kier molecular flexibility index (Phi) is 8.04. The molecule has 1 N–H and O–H groups in total. The number of sulfonamides is 1. The molecular formula is C29H30FN3O6S. The lowest BCUT2D eigenvalue weighted by Crippen LogP contribution is -2.53. The summed E-state index contributed by atoms with van der Waals surface area (Å²) >= 11 is 0. The van der Waals surface area contributed by atoms with E-state index in [1.165, 1.54) is 22.4 Å². The summed E-state index contributed by atoms with van der Waals surface area (Å²) in [6.45, 7) is 0.410. The lowest BCUT2D eigenvalue weighted by molar-refractivity contribution is -0.129. The lowest BCUT2D eigenvalue weighted by atomic mass is 9.97. The van der Waals surface area contributed by atoms with Gasteiger partial charge in [-0.05, 0) is 48.7 Å². The number of hydrogen-bond acceptors (Lipinski definition) is 6. The van der Waals surface area contributed by atoms with E-state index in [9.17, 15) is 22.4 Å². The van der Waals surface area contributed by atoms with Crippen LogP contribution in [0.3, 0.4) is 0 Å². The van der Waals surface area contributed by atoms with Crippen LogP contribution in [-0.2, 0) is 26.2 Å². The third kappa shape index (κ3) is 5.66. The Hall–Kier alpha value is -3.96. The number of carbonyl (C=O) groups is 2. The van der Waals surface area contributed by atoms with E-state index in [2.05, 4.69) is 5.32 Å². The Morgan fingerprint density at radius 1 is 1.05 bits per heavy atom. The Balaban J connectivity index is 1.35. The largest absolute Gasteiger partial charge is 0.495 e. The molecule has 0 aromatic heterocycles. The van der Waals surface area contributed by atoms with E-state index in [4.69, 9.17) is 9.47 Å². The fourth-order valence-electron chi connectivity index (χ4n) is 5.05. The normalized spacial score (nSPS) is 19.3. The third-order valence-electron chi connectivity index (χ3n) is 7.12. The summed E-state index contributed by atoms with van der Waals surface area (Å²) < 4.78 is 53.3. The topological polar surface area (TPSA) is 105 Å². The van der Waals surface area contributed by atoms with Crippen molar-refractivity contribution in [2.75, 3.05) is 31.6 Å². The monoisotopic (exact) mass is 567 g/mol. The number of nitrogens with zero attached hydrogens (tertiary/aromatic N) is 2. The highest BCUT2D eigenvalue weighted by molar-refractivity contribution is 7.89. The highest BCUT2D eigenvalue weighted by Gasteiger charge is 2.40. The van der Waals surface area contributed by atoms with Crippen molar-refractivity contribution in [3.63, 3.8) is 0 Å². The number of ether oxygens (including phenoxy) is 2. The summed E-state index contributed by atoms with van der Waals surface area (Å²) in [5.74, 6) is -1.61. The molecule has 0 spiro atoms. The van der Waals surface area contributed by atoms with Crippen LogP contribution in [0.25, 0.3) is 0 Å². The second-order valence-electron chi connectivity index (χ2n) is 9.72. The lowest BCUT2D eigenvalue weighted by Gasteiger charge is -2.38. The van der Waals surface area contributed by atoms with Crippen LogP contribution in [0.15, 0.2) is 77.7 Å². The molecule has 11 heteroatoms. The van der Waals surface area contributed by atoms with Crippen LogP contribution < -0.4 is 19.7 Å². The molecule has 1 fully saturated rings. The van der Waals surface area contributed by atoms with Crippen LogP contribution in [-0.4, -0.2) is 57.4 Å². The van der Waals surface area contributed by atoms with Crippen molar-refractivity contribution in [1.29, 1.82) is 0 Å². The van der Waals surface area contributed by atoms with E-state index in [1.54, 1.807) is 24.3 Å². The van der Waals surface area contributed by atoms with Gasteiger partial charge in [0.2, 0.25) is 15.9 Å². The maximum absolute atomic E-state index is 14.0. The SMILES string of the molecule is COc1ccc(F)cc1S(=O)(=O)N1CCC[C@@H](C(=O)N2C[C@@H](C(=O)NCc3ccccc3)Oc3ccccc32)C1. The van der Waals surface area contributed by atoms with Gasteiger partial charge in [-0.1, -0.05) is 42.5 Å². The maximum atomic E-state index is 14.0. The summed E-state index contributed by atoms with van der Waals surface area (Å²) in [6, 6.07) is 19.7. The summed E-state index contributed by atoms with van der Waals surface area (Å²) in [6.07, 6.45) is -0.0296. The first-order valence-corrected chi connectivity index (χ1v) is 14.4. The maximum Gasteiger partial charge on any atom is 0.263 e. The van der Waals surface area contributed by atoms with E-state index < -0.39 is 27.9 Å². The second kappa shape index (κ2) is 11.6. The van der Waals surface area contributed by atoms with Gasteiger partial charge in [-0.25, -0.2) is 12.8 Å².